The molecule has 3 aromatic heterocycles. The van der Waals surface area contributed by atoms with Crippen LogP contribution in [0.1, 0.15) is 22.5 Å². The smallest absolute Gasteiger partial charge is 0.406 e. The Morgan fingerprint density at radius 2 is 1.85 bits per heavy atom. The molecule has 4 aromatic rings. The van der Waals surface area contributed by atoms with Gasteiger partial charge in [0.2, 0.25) is 0 Å². The van der Waals surface area contributed by atoms with Crippen LogP contribution in [0.25, 0.3) is 10.9 Å². The Kier molecular flexibility index (Phi) is 5.56. The normalized spacial score (nSPS) is 13.6. The summed E-state index contributed by atoms with van der Waals surface area (Å²) in [6, 6.07) is 12.8. The van der Waals surface area contributed by atoms with Gasteiger partial charge in [0.25, 0.3) is 5.91 Å². The van der Waals surface area contributed by atoms with Gasteiger partial charge in [0, 0.05) is 31.2 Å². The number of hydrogen-bond acceptors (Lipinski definition) is 5. The molecule has 0 unspecified atom stereocenters. The lowest BCUT2D eigenvalue weighted by Crippen LogP contribution is -2.37. The molecule has 0 aliphatic carbocycles. The first-order valence-electron chi connectivity index (χ1n) is 10.7. The number of amides is 1. The third-order valence-corrected chi connectivity index (χ3v) is 5.62. The van der Waals surface area contributed by atoms with Crippen LogP contribution in [-0.2, 0) is 6.54 Å². The van der Waals surface area contributed by atoms with Crippen LogP contribution in [0, 0.1) is 0 Å². The van der Waals surface area contributed by atoms with Gasteiger partial charge >= 0.3 is 6.36 Å². The number of ether oxygens (including phenoxy) is 1. The standard InChI is InChI=1S/C24H20F3N5O2/c25-24(26,27)34-19-5-2-16(3-6-19)15-32-20(12-17-8-9-28-14-21(17)32)23(33)30-18-4-7-22(29-13-18)31-10-1-11-31/h2-9,12-14H,1,10-11,15H2,(H,30,33). The first-order valence-corrected chi connectivity index (χ1v) is 10.7. The van der Waals surface area contributed by atoms with Crippen molar-refractivity contribution in [1.82, 2.24) is 14.5 Å². The van der Waals surface area contributed by atoms with E-state index in [0.29, 0.717) is 16.9 Å². The van der Waals surface area contributed by atoms with Gasteiger partial charge in [0.1, 0.15) is 17.3 Å². The number of nitrogens with zero attached hydrogens (tertiary/aromatic N) is 4. The first-order chi connectivity index (χ1) is 16.4. The summed E-state index contributed by atoms with van der Waals surface area (Å²) in [5.74, 6) is 0.247. The number of benzene rings is 1. The average molecular weight is 467 g/mol. The maximum Gasteiger partial charge on any atom is 0.573 e. The summed E-state index contributed by atoms with van der Waals surface area (Å²) in [7, 11) is 0. The number of carbonyl (C=O) groups is 1. The number of halogens is 3. The van der Waals surface area contributed by atoms with E-state index in [1.165, 1.54) is 24.3 Å². The Morgan fingerprint density at radius 1 is 1.06 bits per heavy atom. The van der Waals surface area contributed by atoms with Crippen LogP contribution in [0.2, 0.25) is 0 Å². The number of pyridine rings is 2. The van der Waals surface area contributed by atoms with E-state index in [4.69, 9.17) is 0 Å². The van der Waals surface area contributed by atoms with Crippen LogP contribution in [0.15, 0.2) is 67.1 Å². The molecule has 34 heavy (non-hydrogen) atoms. The van der Waals surface area contributed by atoms with Crippen molar-refractivity contribution in [2.45, 2.75) is 19.3 Å². The topological polar surface area (TPSA) is 72.3 Å². The van der Waals surface area contributed by atoms with Crippen LogP contribution in [0.4, 0.5) is 24.7 Å². The third kappa shape index (κ3) is 4.66. The molecule has 5 rings (SSSR count). The quantitative estimate of drug-likeness (QED) is 0.439. The van der Waals surface area contributed by atoms with E-state index in [0.717, 1.165) is 36.2 Å². The highest BCUT2D eigenvalue weighted by atomic mass is 19.4. The molecule has 0 bridgehead atoms. The molecule has 10 heteroatoms. The van der Waals surface area contributed by atoms with Crippen molar-refractivity contribution >= 4 is 28.3 Å². The lowest BCUT2D eigenvalue weighted by Gasteiger charge is -2.31. The minimum atomic E-state index is -4.75. The van der Waals surface area contributed by atoms with Crippen molar-refractivity contribution in [2.75, 3.05) is 23.3 Å². The molecular weight excluding hydrogens is 447 g/mol. The molecule has 1 aromatic carbocycles. The Labute approximate surface area is 192 Å². The number of fused-ring (bicyclic) bond motifs is 1. The molecule has 1 N–H and O–H groups in total. The van der Waals surface area contributed by atoms with Gasteiger partial charge in [0.15, 0.2) is 0 Å². The van der Waals surface area contributed by atoms with Crippen molar-refractivity contribution in [3.05, 3.63) is 78.4 Å². The van der Waals surface area contributed by atoms with Gasteiger partial charge < -0.3 is 19.5 Å². The van der Waals surface area contributed by atoms with Gasteiger partial charge in [-0.15, -0.1) is 13.2 Å². The second-order valence-electron chi connectivity index (χ2n) is 7.94. The van der Waals surface area contributed by atoms with E-state index in [9.17, 15) is 18.0 Å². The molecular formula is C24H20F3N5O2. The van der Waals surface area contributed by atoms with Crippen LogP contribution >= 0.6 is 0 Å². The minimum Gasteiger partial charge on any atom is -0.406 e. The van der Waals surface area contributed by atoms with Gasteiger partial charge in [0.05, 0.1) is 23.6 Å². The zero-order valence-corrected chi connectivity index (χ0v) is 17.9. The predicted octanol–water partition coefficient (Wildman–Crippen LogP) is 4.84. The number of alkyl halides is 3. The second-order valence-corrected chi connectivity index (χ2v) is 7.94. The van der Waals surface area contributed by atoms with Gasteiger partial charge in [-0.25, -0.2) is 4.98 Å². The fraction of sp³-hybridized carbons (Fsp3) is 0.208. The van der Waals surface area contributed by atoms with Crippen LogP contribution in [0.5, 0.6) is 5.75 Å². The van der Waals surface area contributed by atoms with E-state index < -0.39 is 6.36 Å². The molecule has 1 fully saturated rings. The van der Waals surface area contributed by atoms with Crippen molar-refractivity contribution in [3.8, 4) is 5.75 Å². The molecule has 0 radical (unpaired) electrons. The van der Waals surface area contributed by atoms with Crippen molar-refractivity contribution < 1.29 is 22.7 Å². The maximum atomic E-state index is 13.2. The minimum absolute atomic E-state index is 0.260. The SMILES string of the molecule is O=C(Nc1ccc(N2CCC2)nc1)c1cc2ccncc2n1Cc1ccc(OC(F)(F)F)cc1. The lowest BCUT2D eigenvalue weighted by atomic mass is 10.2. The molecule has 0 spiro atoms. The number of rotatable bonds is 6. The van der Waals surface area contributed by atoms with Crippen molar-refractivity contribution in [3.63, 3.8) is 0 Å². The summed E-state index contributed by atoms with van der Waals surface area (Å²) in [5, 5.41) is 3.70. The predicted molar refractivity (Wildman–Crippen MR) is 121 cm³/mol. The van der Waals surface area contributed by atoms with Gasteiger partial charge in [-0.3, -0.25) is 9.78 Å². The molecule has 0 atom stereocenters. The first kappa shape index (κ1) is 21.7. The molecule has 4 heterocycles. The Morgan fingerprint density at radius 3 is 2.50 bits per heavy atom. The molecule has 1 saturated heterocycles. The van der Waals surface area contributed by atoms with Gasteiger partial charge in [-0.1, -0.05) is 12.1 Å². The number of anilines is 2. The maximum absolute atomic E-state index is 13.2. The molecule has 7 nitrogen and oxygen atoms in total. The summed E-state index contributed by atoms with van der Waals surface area (Å²) < 4.78 is 43.0. The molecule has 1 aliphatic heterocycles. The summed E-state index contributed by atoms with van der Waals surface area (Å²) in [6.45, 7) is 2.22. The summed E-state index contributed by atoms with van der Waals surface area (Å²) >= 11 is 0. The number of hydrogen-bond donors (Lipinski definition) is 1. The molecule has 1 amide bonds. The van der Waals surface area contributed by atoms with E-state index >= 15 is 0 Å². The summed E-state index contributed by atoms with van der Waals surface area (Å²) in [6.07, 6.45) is 1.31. The monoisotopic (exact) mass is 467 g/mol. The molecule has 1 aliphatic rings. The molecule has 0 saturated carbocycles. The Bertz CT molecular complexity index is 1310. The molecule has 174 valence electrons. The van der Waals surface area contributed by atoms with E-state index in [2.05, 4.69) is 24.9 Å². The number of aromatic nitrogens is 3. The van der Waals surface area contributed by atoms with Crippen molar-refractivity contribution in [2.24, 2.45) is 0 Å². The highest BCUT2D eigenvalue weighted by Crippen LogP contribution is 2.26. The third-order valence-electron chi connectivity index (χ3n) is 5.62. The summed E-state index contributed by atoms with van der Waals surface area (Å²) in [5.41, 5.74) is 2.39. The van der Waals surface area contributed by atoms with E-state index in [1.54, 1.807) is 35.3 Å². The number of carbonyl (C=O) groups excluding carboxylic acids is 1. The van der Waals surface area contributed by atoms with E-state index in [-0.39, 0.29) is 18.2 Å². The Hall–Kier alpha value is -4.08. The van der Waals surface area contributed by atoms with Crippen LogP contribution in [-0.4, -0.2) is 39.9 Å². The van der Waals surface area contributed by atoms with Crippen molar-refractivity contribution in [1.29, 1.82) is 0 Å². The fourth-order valence-electron chi connectivity index (χ4n) is 3.82. The van der Waals surface area contributed by atoms with Crippen LogP contribution < -0.4 is 15.0 Å². The largest absolute Gasteiger partial charge is 0.573 e. The highest BCUT2D eigenvalue weighted by Gasteiger charge is 2.31. The number of nitrogens with one attached hydrogen (secondary N) is 1. The fourth-order valence-corrected chi connectivity index (χ4v) is 3.82. The summed E-state index contributed by atoms with van der Waals surface area (Å²) in [4.78, 5) is 23.9. The zero-order valence-electron chi connectivity index (χ0n) is 17.9. The van der Waals surface area contributed by atoms with Gasteiger partial charge in [-0.05, 0) is 48.4 Å². The lowest BCUT2D eigenvalue weighted by molar-refractivity contribution is -0.274. The second kappa shape index (κ2) is 8.69. The zero-order chi connectivity index (χ0) is 23.7. The highest BCUT2D eigenvalue weighted by molar-refractivity contribution is 6.06. The van der Waals surface area contributed by atoms with E-state index in [1.807, 2.05) is 12.1 Å². The average Bonchev–Trinajstić information content (AvgIpc) is 3.13. The van der Waals surface area contributed by atoms with Crippen LogP contribution in [0.3, 0.4) is 0 Å². The van der Waals surface area contributed by atoms with Gasteiger partial charge in [-0.2, -0.15) is 0 Å². The Balaban J connectivity index is 1.39.